The van der Waals surface area contributed by atoms with Gasteiger partial charge in [0.15, 0.2) is 0 Å². The first kappa shape index (κ1) is 30.1. The second-order valence-corrected chi connectivity index (χ2v) is 10.9. The Balaban J connectivity index is 1.32. The number of amides is 3. The maximum absolute atomic E-state index is 13.2. The summed E-state index contributed by atoms with van der Waals surface area (Å²) < 4.78 is 78.8. The van der Waals surface area contributed by atoms with Crippen LogP contribution in [-0.4, -0.2) is 93.6 Å². The Labute approximate surface area is 226 Å². The van der Waals surface area contributed by atoms with Crippen LogP contribution in [0.4, 0.5) is 26.3 Å². The molecule has 1 spiro atoms. The molecule has 1 aromatic carbocycles. The number of aliphatic hydroxyl groups excluding tert-OH is 2. The van der Waals surface area contributed by atoms with E-state index in [0.29, 0.717) is 19.0 Å². The van der Waals surface area contributed by atoms with Crippen molar-refractivity contribution in [3.63, 3.8) is 0 Å². The summed E-state index contributed by atoms with van der Waals surface area (Å²) in [6.45, 7) is 1.89. The SMILES string of the molecule is C[C@H]1C(=O)N(C[C@@H](O)CC(=O)N2CCC3(CC3)[C@H](O)C2)CCN1C(=O)Cc1ccc(C(F)(F)F)c(C(F)(F)F)c1. The molecule has 0 aromatic heterocycles. The van der Waals surface area contributed by atoms with Crippen molar-refractivity contribution in [2.75, 3.05) is 32.7 Å². The van der Waals surface area contributed by atoms with Crippen LogP contribution in [-0.2, 0) is 33.2 Å². The molecule has 4 rings (SSSR count). The van der Waals surface area contributed by atoms with Crippen LogP contribution in [0.3, 0.4) is 0 Å². The molecule has 1 aliphatic carbocycles. The Bertz CT molecular complexity index is 1150. The van der Waals surface area contributed by atoms with Crippen LogP contribution in [0, 0.1) is 5.41 Å². The Hall–Kier alpha value is -2.87. The Kier molecular flexibility index (Phi) is 8.16. The first-order chi connectivity index (χ1) is 18.5. The number of piperazine rings is 1. The van der Waals surface area contributed by atoms with Gasteiger partial charge < -0.3 is 24.9 Å². The number of carbonyl (C=O) groups is 3. The minimum atomic E-state index is -5.28. The van der Waals surface area contributed by atoms with Crippen molar-refractivity contribution in [2.45, 2.75) is 69.6 Å². The average Bonchev–Trinajstić information content (AvgIpc) is 3.63. The van der Waals surface area contributed by atoms with E-state index < -0.39 is 60.0 Å². The van der Waals surface area contributed by atoms with Gasteiger partial charge in [0.25, 0.3) is 0 Å². The number of rotatable bonds is 6. The van der Waals surface area contributed by atoms with Crippen LogP contribution in [0.5, 0.6) is 0 Å². The van der Waals surface area contributed by atoms with Crippen molar-refractivity contribution in [1.82, 2.24) is 14.7 Å². The zero-order chi connectivity index (χ0) is 29.6. The summed E-state index contributed by atoms with van der Waals surface area (Å²) in [6, 6.07) is 0.350. The van der Waals surface area contributed by atoms with Crippen LogP contribution in [0.1, 0.15) is 49.3 Å². The molecule has 2 heterocycles. The number of benzene rings is 1. The van der Waals surface area contributed by atoms with Crippen molar-refractivity contribution in [2.24, 2.45) is 5.41 Å². The van der Waals surface area contributed by atoms with E-state index in [2.05, 4.69) is 0 Å². The molecule has 2 aliphatic heterocycles. The number of β-amino-alcohol motifs (C(OH)–C–C–N with tert-alkyl or cyclic N) is 2. The highest BCUT2D eigenvalue weighted by Gasteiger charge is 2.52. The van der Waals surface area contributed by atoms with Crippen molar-refractivity contribution < 1.29 is 50.9 Å². The Morgan fingerprint density at radius 3 is 2.23 bits per heavy atom. The van der Waals surface area contributed by atoms with Gasteiger partial charge >= 0.3 is 12.4 Å². The molecule has 2 saturated heterocycles. The van der Waals surface area contributed by atoms with E-state index in [0.717, 1.165) is 23.8 Å². The van der Waals surface area contributed by atoms with Crippen molar-refractivity contribution in [3.05, 3.63) is 34.9 Å². The molecule has 222 valence electrons. The molecule has 40 heavy (non-hydrogen) atoms. The Morgan fingerprint density at radius 1 is 1.00 bits per heavy atom. The second-order valence-electron chi connectivity index (χ2n) is 10.9. The predicted molar refractivity (Wildman–Crippen MR) is 127 cm³/mol. The van der Waals surface area contributed by atoms with Gasteiger partial charge in [0.1, 0.15) is 6.04 Å². The smallest absolute Gasteiger partial charge is 0.391 e. The number of likely N-dealkylation sites (tertiary alicyclic amines) is 1. The lowest BCUT2D eigenvalue weighted by Gasteiger charge is -2.40. The third-order valence-electron chi connectivity index (χ3n) is 8.18. The van der Waals surface area contributed by atoms with Gasteiger partial charge in [-0.25, -0.2) is 0 Å². The third-order valence-corrected chi connectivity index (χ3v) is 8.18. The summed E-state index contributed by atoms with van der Waals surface area (Å²) in [5.41, 5.74) is -4.11. The number of piperidine rings is 1. The van der Waals surface area contributed by atoms with E-state index >= 15 is 0 Å². The molecule has 3 fully saturated rings. The van der Waals surface area contributed by atoms with Gasteiger partial charge in [-0.3, -0.25) is 14.4 Å². The molecule has 3 atom stereocenters. The zero-order valence-electron chi connectivity index (χ0n) is 21.8. The highest BCUT2D eigenvalue weighted by Crippen LogP contribution is 2.53. The van der Waals surface area contributed by atoms with E-state index in [4.69, 9.17) is 0 Å². The van der Waals surface area contributed by atoms with Gasteiger partial charge in [0.05, 0.1) is 36.2 Å². The van der Waals surface area contributed by atoms with Gasteiger partial charge in [0, 0.05) is 32.7 Å². The lowest BCUT2D eigenvalue weighted by atomic mass is 9.90. The van der Waals surface area contributed by atoms with Crippen LogP contribution in [0.25, 0.3) is 0 Å². The highest BCUT2D eigenvalue weighted by molar-refractivity contribution is 5.89. The summed E-state index contributed by atoms with van der Waals surface area (Å²) >= 11 is 0. The van der Waals surface area contributed by atoms with Crippen LogP contribution in [0.2, 0.25) is 0 Å². The van der Waals surface area contributed by atoms with Gasteiger partial charge in [-0.2, -0.15) is 26.3 Å². The second kappa shape index (κ2) is 10.8. The van der Waals surface area contributed by atoms with E-state index in [1.54, 1.807) is 0 Å². The monoisotopic (exact) mass is 579 g/mol. The standard InChI is InChI=1S/C26H31F6N3O5/c1-15-23(40)34(13-17(36)12-21(38)33-7-6-24(4-5-24)20(37)14-33)8-9-35(15)22(39)11-16-2-3-18(25(27,28)29)19(10-16)26(30,31)32/h2-3,10,15,17,20,36-37H,4-9,11-14H2,1H3/t15-,17-,20+/m0/s1. The van der Waals surface area contributed by atoms with Crippen molar-refractivity contribution in [1.29, 1.82) is 0 Å². The fraction of sp³-hybridized carbons (Fsp3) is 0.654. The van der Waals surface area contributed by atoms with Crippen LogP contribution < -0.4 is 0 Å². The fourth-order valence-electron chi connectivity index (χ4n) is 5.55. The zero-order valence-corrected chi connectivity index (χ0v) is 21.8. The summed E-state index contributed by atoms with van der Waals surface area (Å²) in [5.74, 6) is -1.62. The van der Waals surface area contributed by atoms with Crippen molar-refractivity contribution in [3.8, 4) is 0 Å². The van der Waals surface area contributed by atoms with E-state index in [9.17, 15) is 50.9 Å². The fourth-order valence-corrected chi connectivity index (χ4v) is 5.55. The topological polar surface area (TPSA) is 101 Å². The maximum atomic E-state index is 13.2. The molecule has 3 amide bonds. The first-order valence-corrected chi connectivity index (χ1v) is 13.0. The summed E-state index contributed by atoms with van der Waals surface area (Å²) in [6.07, 6.45) is -10.6. The molecule has 0 bridgehead atoms. The number of hydrogen-bond donors (Lipinski definition) is 2. The molecule has 1 aromatic rings. The van der Waals surface area contributed by atoms with Crippen LogP contribution >= 0.6 is 0 Å². The summed E-state index contributed by atoms with van der Waals surface area (Å²) in [5, 5.41) is 20.8. The predicted octanol–water partition coefficient (Wildman–Crippen LogP) is 2.45. The third kappa shape index (κ3) is 6.37. The average molecular weight is 580 g/mol. The normalized spacial score (nSPS) is 23.9. The minimum Gasteiger partial charge on any atom is -0.391 e. The highest BCUT2D eigenvalue weighted by atomic mass is 19.4. The number of aliphatic hydroxyl groups is 2. The quantitative estimate of drug-likeness (QED) is 0.505. The lowest BCUT2D eigenvalue weighted by molar-refractivity contribution is -0.162. The van der Waals surface area contributed by atoms with Gasteiger partial charge in [-0.05, 0) is 49.3 Å². The number of halogens is 6. The molecule has 1 saturated carbocycles. The summed E-state index contributed by atoms with van der Waals surface area (Å²) in [4.78, 5) is 42.3. The van der Waals surface area contributed by atoms with E-state index in [1.165, 1.54) is 16.7 Å². The number of alkyl halides is 6. The van der Waals surface area contributed by atoms with E-state index in [-0.39, 0.29) is 55.6 Å². The molecule has 8 nitrogen and oxygen atoms in total. The summed E-state index contributed by atoms with van der Waals surface area (Å²) in [7, 11) is 0. The van der Waals surface area contributed by atoms with E-state index in [1.807, 2.05) is 0 Å². The molecule has 2 N–H and O–H groups in total. The van der Waals surface area contributed by atoms with Crippen LogP contribution in [0.15, 0.2) is 18.2 Å². The number of carbonyl (C=O) groups excluding carboxylic acids is 3. The minimum absolute atomic E-state index is 0.00801. The molecule has 14 heteroatoms. The molecule has 3 aliphatic rings. The molecule has 0 unspecified atom stereocenters. The molecular formula is C26H31F6N3O5. The lowest BCUT2D eigenvalue weighted by Crippen LogP contribution is -2.59. The first-order valence-electron chi connectivity index (χ1n) is 13.0. The van der Waals surface area contributed by atoms with Gasteiger partial charge in [-0.1, -0.05) is 6.07 Å². The van der Waals surface area contributed by atoms with Crippen molar-refractivity contribution >= 4 is 17.7 Å². The maximum Gasteiger partial charge on any atom is 0.417 e. The number of hydrogen-bond acceptors (Lipinski definition) is 5. The van der Waals surface area contributed by atoms with Gasteiger partial charge in [0.2, 0.25) is 17.7 Å². The Morgan fingerprint density at radius 2 is 1.65 bits per heavy atom. The molecule has 0 radical (unpaired) electrons. The largest absolute Gasteiger partial charge is 0.417 e. The number of nitrogens with zero attached hydrogens (tertiary/aromatic N) is 3. The van der Waals surface area contributed by atoms with Gasteiger partial charge in [-0.15, -0.1) is 0 Å². The molecular weight excluding hydrogens is 548 g/mol.